The summed E-state index contributed by atoms with van der Waals surface area (Å²) in [6.45, 7) is 6.96. The standard InChI is InChI=1S/C14H8F3NO/c1-18-12-7-2-3-8-13(12)19-11-6-4-5-10(9-11)14(15,16)17/h2-9H. The third kappa shape index (κ3) is 3.05. The largest absolute Gasteiger partial charge is 0.468 e. The van der Waals surface area contributed by atoms with Gasteiger partial charge in [0.15, 0.2) is 0 Å². The van der Waals surface area contributed by atoms with E-state index in [0.29, 0.717) is 0 Å². The van der Waals surface area contributed by atoms with Crippen molar-refractivity contribution in [1.82, 2.24) is 0 Å². The number of ether oxygens (including phenoxy) is 1. The van der Waals surface area contributed by atoms with E-state index < -0.39 is 11.7 Å². The molecule has 0 aromatic heterocycles. The molecule has 0 unspecified atom stereocenters. The van der Waals surface area contributed by atoms with Crippen LogP contribution in [0.2, 0.25) is 0 Å². The van der Waals surface area contributed by atoms with Crippen LogP contribution in [-0.4, -0.2) is 0 Å². The molecule has 0 heterocycles. The molecule has 0 aliphatic carbocycles. The van der Waals surface area contributed by atoms with Crippen molar-refractivity contribution in [2.24, 2.45) is 0 Å². The number of halogens is 3. The zero-order valence-corrected chi connectivity index (χ0v) is 9.61. The summed E-state index contributed by atoms with van der Waals surface area (Å²) in [7, 11) is 0. The van der Waals surface area contributed by atoms with Gasteiger partial charge in [0.2, 0.25) is 5.69 Å². The molecule has 2 nitrogen and oxygen atoms in total. The van der Waals surface area contributed by atoms with E-state index in [4.69, 9.17) is 11.3 Å². The zero-order chi connectivity index (χ0) is 13.9. The van der Waals surface area contributed by atoms with Crippen molar-refractivity contribution < 1.29 is 17.9 Å². The second kappa shape index (κ2) is 5.02. The number of hydrogen-bond donors (Lipinski definition) is 0. The van der Waals surface area contributed by atoms with Gasteiger partial charge in [-0.1, -0.05) is 24.3 Å². The molecule has 0 atom stereocenters. The van der Waals surface area contributed by atoms with Crippen molar-refractivity contribution in [3.05, 3.63) is 65.5 Å². The molecule has 0 aliphatic heterocycles. The summed E-state index contributed by atoms with van der Waals surface area (Å²) in [5, 5.41) is 0. The van der Waals surface area contributed by atoms with Gasteiger partial charge in [0.25, 0.3) is 0 Å². The molecule has 0 aliphatic rings. The van der Waals surface area contributed by atoms with Gasteiger partial charge in [-0.25, -0.2) is 4.85 Å². The lowest BCUT2D eigenvalue weighted by Crippen LogP contribution is -2.04. The molecule has 2 aromatic rings. The molecule has 96 valence electrons. The Bertz CT molecular complexity index is 629. The Kier molecular flexibility index (Phi) is 3.43. The Morgan fingerprint density at radius 2 is 1.74 bits per heavy atom. The highest BCUT2D eigenvalue weighted by atomic mass is 19.4. The van der Waals surface area contributed by atoms with Gasteiger partial charge < -0.3 is 4.74 Å². The lowest BCUT2D eigenvalue weighted by molar-refractivity contribution is -0.137. The molecule has 2 aromatic carbocycles. The number of alkyl halides is 3. The number of hydrogen-bond acceptors (Lipinski definition) is 1. The summed E-state index contributed by atoms with van der Waals surface area (Å²) in [5.74, 6) is 0.280. The van der Waals surface area contributed by atoms with Crippen LogP contribution in [0, 0.1) is 6.57 Å². The normalized spacial score (nSPS) is 10.8. The third-order valence-corrected chi connectivity index (χ3v) is 2.37. The highest BCUT2D eigenvalue weighted by Gasteiger charge is 2.30. The van der Waals surface area contributed by atoms with Crippen LogP contribution in [0.1, 0.15) is 5.56 Å². The van der Waals surface area contributed by atoms with E-state index in [1.54, 1.807) is 12.1 Å². The fourth-order valence-electron chi connectivity index (χ4n) is 1.50. The maximum absolute atomic E-state index is 12.5. The molecular weight excluding hydrogens is 255 g/mol. The molecule has 0 saturated carbocycles. The van der Waals surface area contributed by atoms with Crippen molar-refractivity contribution >= 4 is 5.69 Å². The average molecular weight is 263 g/mol. The van der Waals surface area contributed by atoms with Crippen LogP contribution in [0.5, 0.6) is 11.5 Å². The van der Waals surface area contributed by atoms with Gasteiger partial charge in [0.05, 0.1) is 12.1 Å². The molecule has 2 rings (SSSR count). The smallest absolute Gasteiger partial charge is 0.416 e. The van der Waals surface area contributed by atoms with Crippen molar-refractivity contribution in [3.8, 4) is 11.5 Å². The first-order valence-corrected chi connectivity index (χ1v) is 5.32. The summed E-state index contributed by atoms with van der Waals surface area (Å²) in [5.41, 5.74) is -0.537. The van der Waals surface area contributed by atoms with Gasteiger partial charge in [-0.05, 0) is 24.3 Å². The SMILES string of the molecule is [C-]#[N+]c1ccccc1Oc1cccc(C(F)(F)F)c1. The summed E-state index contributed by atoms with van der Waals surface area (Å²) < 4.78 is 43.0. The minimum Gasteiger partial charge on any atom is -0.468 e. The molecule has 0 bridgehead atoms. The van der Waals surface area contributed by atoms with Crippen molar-refractivity contribution in [2.45, 2.75) is 6.18 Å². The third-order valence-electron chi connectivity index (χ3n) is 2.37. The molecule has 0 N–H and O–H groups in total. The Balaban J connectivity index is 2.32. The van der Waals surface area contributed by atoms with E-state index in [-0.39, 0.29) is 17.2 Å². The minimum atomic E-state index is -4.42. The summed E-state index contributed by atoms with van der Waals surface area (Å²) in [4.78, 5) is 3.24. The predicted octanol–water partition coefficient (Wildman–Crippen LogP) is 5.05. The van der Waals surface area contributed by atoms with Crippen molar-refractivity contribution in [3.63, 3.8) is 0 Å². The van der Waals surface area contributed by atoms with Crippen LogP contribution in [0.15, 0.2) is 48.5 Å². The second-order valence-corrected chi connectivity index (χ2v) is 3.71. The molecule has 0 fully saturated rings. The highest BCUT2D eigenvalue weighted by molar-refractivity contribution is 5.58. The number of benzene rings is 2. The summed E-state index contributed by atoms with van der Waals surface area (Å²) in [6.07, 6.45) is -4.42. The molecule has 0 spiro atoms. The van der Waals surface area contributed by atoms with Gasteiger partial charge in [0, 0.05) is 0 Å². The van der Waals surface area contributed by atoms with E-state index in [1.807, 2.05) is 0 Å². The maximum atomic E-state index is 12.5. The first-order valence-electron chi connectivity index (χ1n) is 5.32. The van der Waals surface area contributed by atoms with Crippen molar-refractivity contribution in [1.29, 1.82) is 0 Å². The van der Waals surface area contributed by atoms with E-state index in [9.17, 15) is 13.2 Å². The van der Waals surface area contributed by atoms with E-state index in [0.717, 1.165) is 12.1 Å². The topological polar surface area (TPSA) is 13.6 Å². The van der Waals surface area contributed by atoms with Crippen LogP contribution in [-0.2, 0) is 6.18 Å². The van der Waals surface area contributed by atoms with Gasteiger partial charge in [-0.15, -0.1) is 0 Å². The molecule has 0 amide bonds. The number of para-hydroxylation sites is 2. The van der Waals surface area contributed by atoms with Crippen molar-refractivity contribution in [2.75, 3.05) is 0 Å². The Labute approximate surface area is 107 Å². The molecular formula is C14H8F3NO. The van der Waals surface area contributed by atoms with Crippen LogP contribution in [0.25, 0.3) is 4.85 Å². The van der Waals surface area contributed by atoms with Gasteiger partial charge in [-0.3, -0.25) is 0 Å². The summed E-state index contributed by atoms with van der Waals surface area (Å²) >= 11 is 0. The fourth-order valence-corrected chi connectivity index (χ4v) is 1.50. The first kappa shape index (κ1) is 13.0. The average Bonchev–Trinajstić information content (AvgIpc) is 2.39. The zero-order valence-electron chi connectivity index (χ0n) is 9.61. The lowest BCUT2D eigenvalue weighted by atomic mass is 10.2. The fraction of sp³-hybridized carbons (Fsp3) is 0.0714. The van der Waals surface area contributed by atoms with Gasteiger partial charge >= 0.3 is 6.18 Å². The van der Waals surface area contributed by atoms with Crippen LogP contribution < -0.4 is 4.74 Å². The number of nitrogens with zero attached hydrogens (tertiary/aromatic N) is 1. The minimum absolute atomic E-state index is 0.0472. The monoisotopic (exact) mass is 263 g/mol. The lowest BCUT2D eigenvalue weighted by Gasteiger charge is -2.10. The predicted molar refractivity (Wildman–Crippen MR) is 64.2 cm³/mol. The quantitative estimate of drug-likeness (QED) is 0.691. The Morgan fingerprint density at radius 3 is 2.42 bits per heavy atom. The van der Waals surface area contributed by atoms with E-state index >= 15 is 0 Å². The second-order valence-electron chi connectivity index (χ2n) is 3.71. The van der Waals surface area contributed by atoms with Crippen LogP contribution >= 0.6 is 0 Å². The molecule has 5 heteroatoms. The Hall–Kier alpha value is -2.48. The summed E-state index contributed by atoms with van der Waals surface area (Å²) in [6, 6.07) is 10.9. The molecule has 19 heavy (non-hydrogen) atoms. The van der Waals surface area contributed by atoms with Gasteiger partial charge in [0.1, 0.15) is 11.5 Å². The van der Waals surface area contributed by atoms with Crippen LogP contribution in [0.3, 0.4) is 0 Å². The number of rotatable bonds is 2. The molecule has 0 radical (unpaired) electrons. The first-order chi connectivity index (χ1) is 9.00. The van der Waals surface area contributed by atoms with E-state index in [1.165, 1.54) is 24.3 Å². The molecule has 0 saturated heterocycles. The van der Waals surface area contributed by atoms with E-state index in [2.05, 4.69) is 4.85 Å². The maximum Gasteiger partial charge on any atom is 0.416 e. The van der Waals surface area contributed by atoms with Crippen LogP contribution in [0.4, 0.5) is 18.9 Å². The highest BCUT2D eigenvalue weighted by Crippen LogP contribution is 2.35. The Morgan fingerprint density at radius 1 is 1.00 bits per heavy atom. The van der Waals surface area contributed by atoms with Gasteiger partial charge in [-0.2, -0.15) is 13.2 Å².